The minimum atomic E-state index is -0.801. The summed E-state index contributed by atoms with van der Waals surface area (Å²) in [5, 5.41) is 32.8. The van der Waals surface area contributed by atoms with E-state index in [1.54, 1.807) is 30.3 Å². The van der Waals surface area contributed by atoms with Crippen molar-refractivity contribution < 1.29 is 19.6 Å². The van der Waals surface area contributed by atoms with Crippen LogP contribution < -0.4 is 10.1 Å². The van der Waals surface area contributed by atoms with Gasteiger partial charge >= 0.3 is 5.69 Å². The molecule has 0 radical (unpaired) electrons. The van der Waals surface area contributed by atoms with Gasteiger partial charge in [-0.25, -0.2) is 0 Å². The Morgan fingerprint density at radius 3 is 2.69 bits per heavy atom. The van der Waals surface area contributed by atoms with Gasteiger partial charge < -0.3 is 15.2 Å². The largest absolute Gasteiger partial charge is 0.500 e. The van der Waals surface area contributed by atoms with Crippen molar-refractivity contribution in [2.45, 2.75) is 0 Å². The van der Waals surface area contributed by atoms with E-state index in [2.05, 4.69) is 5.32 Å². The van der Waals surface area contributed by atoms with E-state index >= 15 is 0 Å². The van der Waals surface area contributed by atoms with Crippen molar-refractivity contribution in [2.24, 2.45) is 0 Å². The van der Waals surface area contributed by atoms with Gasteiger partial charge in [0.25, 0.3) is 5.91 Å². The Kier molecular flexibility index (Phi) is 5.78. The quantitative estimate of drug-likeness (QED) is 0.357. The second-order valence-electron chi connectivity index (χ2n) is 4.95. The van der Waals surface area contributed by atoms with Crippen LogP contribution in [0.2, 0.25) is 5.02 Å². The maximum atomic E-state index is 12.3. The number of phenols is 1. The number of nitro groups is 1. The van der Waals surface area contributed by atoms with Crippen LogP contribution in [0.1, 0.15) is 5.56 Å². The summed E-state index contributed by atoms with van der Waals surface area (Å²) in [6, 6.07) is 10.5. The van der Waals surface area contributed by atoms with Gasteiger partial charge in [0.1, 0.15) is 11.6 Å². The Morgan fingerprint density at radius 1 is 1.42 bits per heavy atom. The molecule has 0 bridgehead atoms. The zero-order valence-corrected chi connectivity index (χ0v) is 14.1. The summed E-state index contributed by atoms with van der Waals surface area (Å²) < 4.78 is 4.88. The molecule has 0 aliphatic heterocycles. The number of nitrogens with zero attached hydrogens (tertiary/aromatic N) is 2. The van der Waals surface area contributed by atoms with E-state index in [1.165, 1.54) is 13.2 Å². The predicted molar refractivity (Wildman–Crippen MR) is 95.0 cm³/mol. The number of amides is 1. The number of ether oxygens (including phenoxy) is 1. The monoisotopic (exact) mass is 373 g/mol. The molecule has 1 amide bonds. The maximum absolute atomic E-state index is 12.3. The topological polar surface area (TPSA) is 125 Å². The molecule has 2 N–H and O–H groups in total. The Labute approximate surface area is 153 Å². The number of anilines is 1. The first-order chi connectivity index (χ1) is 12.4. The Morgan fingerprint density at radius 2 is 2.12 bits per heavy atom. The number of hydrogen-bond donors (Lipinski definition) is 2. The highest BCUT2D eigenvalue weighted by molar-refractivity contribution is 6.34. The molecule has 0 aromatic heterocycles. The van der Waals surface area contributed by atoms with Crippen molar-refractivity contribution in [3.63, 3.8) is 0 Å². The molecule has 0 unspecified atom stereocenters. The minimum Gasteiger partial charge on any atom is -0.500 e. The van der Waals surface area contributed by atoms with Gasteiger partial charge in [-0.15, -0.1) is 0 Å². The van der Waals surface area contributed by atoms with Crippen LogP contribution >= 0.6 is 11.6 Å². The Hall–Kier alpha value is -3.57. The number of hydrogen-bond acceptors (Lipinski definition) is 6. The van der Waals surface area contributed by atoms with Gasteiger partial charge in [-0.1, -0.05) is 23.7 Å². The lowest BCUT2D eigenvalue weighted by atomic mass is 10.1. The summed E-state index contributed by atoms with van der Waals surface area (Å²) in [6.45, 7) is 0. The number of nitrogens with one attached hydrogen (secondary N) is 1. The first kappa shape index (κ1) is 18.8. The lowest BCUT2D eigenvalue weighted by Crippen LogP contribution is -2.13. The van der Waals surface area contributed by atoms with Crippen molar-refractivity contribution >= 4 is 35.0 Å². The number of carbonyl (C=O) groups is 1. The molecule has 132 valence electrons. The maximum Gasteiger partial charge on any atom is 0.315 e. The number of methoxy groups -OCH3 is 1. The van der Waals surface area contributed by atoms with Gasteiger partial charge in [0.15, 0.2) is 5.75 Å². The molecule has 0 aliphatic carbocycles. The smallest absolute Gasteiger partial charge is 0.315 e. The lowest BCUT2D eigenvalue weighted by molar-refractivity contribution is -0.386. The first-order valence-electron chi connectivity index (χ1n) is 7.10. The zero-order chi connectivity index (χ0) is 19.3. The number of benzene rings is 2. The molecule has 0 spiro atoms. The molecule has 0 saturated heterocycles. The van der Waals surface area contributed by atoms with Gasteiger partial charge in [0, 0.05) is 6.07 Å². The van der Waals surface area contributed by atoms with Gasteiger partial charge in [-0.3, -0.25) is 14.9 Å². The molecule has 2 aromatic rings. The number of carbonyl (C=O) groups excluding carboxylic acids is 1. The summed E-state index contributed by atoms with van der Waals surface area (Å²) in [5.74, 6) is -1.54. The van der Waals surface area contributed by atoms with Crippen LogP contribution in [0.15, 0.2) is 42.0 Å². The Balaban J connectivity index is 2.41. The third kappa shape index (κ3) is 4.09. The van der Waals surface area contributed by atoms with Crippen LogP contribution in [0, 0.1) is 21.4 Å². The van der Waals surface area contributed by atoms with Crippen LogP contribution in [-0.4, -0.2) is 23.0 Å². The van der Waals surface area contributed by atoms with E-state index in [0.29, 0.717) is 10.7 Å². The highest BCUT2D eigenvalue weighted by Crippen LogP contribution is 2.37. The zero-order valence-electron chi connectivity index (χ0n) is 13.4. The van der Waals surface area contributed by atoms with Gasteiger partial charge in [-0.2, -0.15) is 5.26 Å². The molecular formula is C17H12ClN3O5. The van der Waals surface area contributed by atoms with Crippen molar-refractivity contribution in [3.05, 3.63) is 62.7 Å². The summed E-state index contributed by atoms with van der Waals surface area (Å²) in [7, 11) is 1.22. The average Bonchev–Trinajstić information content (AvgIpc) is 2.62. The number of phenolic OH excluding ortho intramolecular Hbond substituents is 1. The minimum absolute atomic E-state index is 0.136. The van der Waals surface area contributed by atoms with E-state index < -0.39 is 22.3 Å². The second kappa shape index (κ2) is 8.00. The molecule has 26 heavy (non-hydrogen) atoms. The molecule has 0 atom stereocenters. The molecule has 8 nitrogen and oxygen atoms in total. The second-order valence-corrected chi connectivity index (χ2v) is 5.36. The van der Waals surface area contributed by atoms with Gasteiger partial charge in [0.2, 0.25) is 5.75 Å². The van der Waals surface area contributed by atoms with E-state index in [1.807, 2.05) is 0 Å². The third-order valence-corrected chi connectivity index (χ3v) is 3.62. The molecule has 0 fully saturated rings. The van der Waals surface area contributed by atoms with Gasteiger partial charge in [0.05, 0.1) is 22.7 Å². The van der Waals surface area contributed by atoms with Crippen molar-refractivity contribution in [1.29, 1.82) is 5.26 Å². The molecule has 0 aliphatic rings. The van der Waals surface area contributed by atoms with Crippen LogP contribution in [0.25, 0.3) is 6.08 Å². The highest BCUT2D eigenvalue weighted by Gasteiger charge is 2.20. The van der Waals surface area contributed by atoms with E-state index in [0.717, 1.165) is 12.1 Å². The summed E-state index contributed by atoms with van der Waals surface area (Å²) in [6.07, 6.45) is 1.14. The van der Waals surface area contributed by atoms with E-state index in [4.69, 9.17) is 16.3 Å². The number of para-hydroxylation sites is 1. The summed E-state index contributed by atoms with van der Waals surface area (Å²) in [5.41, 5.74) is -0.474. The van der Waals surface area contributed by atoms with E-state index in [-0.39, 0.29) is 16.9 Å². The summed E-state index contributed by atoms with van der Waals surface area (Å²) >= 11 is 5.95. The van der Waals surface area contributed by atoms with Crippen LogP contribution in [-0.2, 0) is 4.79 Å². The fourth-order valence-corrected chi connectivity index (χ4v) is 2.24. The normalized spacial score (nSPS) is 10.7. The van der Waals surface area contributed by atoms with Crippen LogP contribution in [0.5, 0.6) is 11.5 Å². The standard InChI is InChI=1S/C17H12ClN3O5/c1-26-15-8-10(7-14(16(15)22)21(24)25)6-11(9-19)17(23)20-13-5-3-2-4-12(13)18/h2-8,22H,1H3,(H,20,23)/b11-6+. The van der Waals surface area contributed by atoms with Crippen LogP contribution in [0.4, 0.5) is 11.4 Å². The van der Waals surface area contributed by atoms with Crippen molar-refractivity contribution in [1.82, 2.24) is 0 Å². The van der Waals surface area contributed by atoms with E-state index in [9.17, 15) is 25.3 Å². The summed E-state index contributed by atoms with van der Waals surface area (Å²) in [4.78, 5) is 22.5. The first-order valence-corrected chi connectivity index (χ1v) is 7.48. The molecule has 0 heterocycles. The highest BCUT2D eigenvalue weighted by atomic mass is 35.5. The molecule has 9 heteroatoms. The molecule has 0 saturated carbocycles. The molecule has 2 rings (SSSR count). The van der Waals surface area contributed by atoms with Crippen molar-refractivity contribution in [2.75, 3.05) is 12.4 Å². The van der Waals surface area contributed by atoms with Gasteiger partial charge in [-0.05, 0) is 29.8 Å². The molecular weight excluding hydrogens is 362 g/mol. The van der Waals surface area contributed by atoms with Crippen LogP contribution in [0.3, 0.4) is 0 Å². The Bertz CT molecular complexity index is 950. The lowest BCUT2D eigenvalue weighted by Gasteiger charge is -2.07. The molecule has 2 aromatic carbocycles. The number of rotatable bonds is 5. The fourth-order valence-electron chi connectivity index (χ4n) is 2.06. The fraction of sp³-hybridized carbons (Fsp3) is 0.0588. The third-order valence-electron chi connectivity index (χ3n) is 3.29. The predicted octanol–water partition coefficient (Wildman–Crippen LogP) is 3.51. The number of aromatic hydroxyl groups is 1. The number of nitriles is 1. The number of nitro benzene ring substituents is 1. The number of halogens is 1. The van der Waals surface area contributed by atoms with Crippen molar-refractivity contribution in [3.8, 4) is 17.6 Å². The average molecular weight is 374 g/mol. The SMILES string of the molecule is COc1cc(/C=C(\C#N)C(=O)Nc2ccccc2Cl)cc([N+](=O)[O-])c1O.